The number of nitrogens with zero attached hydrogens (tertiary/aromatic N) is 2. The van der Waals surface area contributed by atoms with Gasteiger partial charge in [-0.05, 0) is 24.3 Å². The lowest BCUT2D eigenvalue weighted by atomic mass is 10.3. The largest absolute Gasteiger partial charge is 0.497 e. The van der Waals surface area contributed by atoms with Crippen LogP contribution in [0.4, 0.5) is 5.69 Å². The Balaban J connectivity index is 2.17. The molecule has 1 aliphatic rings. The van der Waals surface area contributed by atoms with E-state index in [9.17, 15) is 0 Å². The summed E-state index contributed by atoms with van der Waals surface area (Å²) in [5.74, 6) is 0.889. The highest BCUT2D eigenvalue weighted by atomic mass is 16.5. The molecule has 0 fully saturated rings. The number of hydrogen-bond acceptors (Lipinski definition) is 3. The first-order valence-corrected chi connectivity index (χ1v) is 4.31. The normalized spacial score (nSPS) is 15.0. The molecule has 1 aliphatic heterocycles. The predicted octanol–water partition coefficient (Wildman–Crippen LogP) is 1.54. The minimum absolute atomic E-state index is 0.889. The lowest BCUT2D eigenvalue weighted by molar-refractivity contribution is 0.415. The predicted molar refractivity (Wildman–Crippen MR) is 53.7 cm³/mol. The van der Waals surface area contributed by atoms with E-state index in [1.807, 2.05) is 30.6 Å². The zero-order chi connectivity index (χ0) is 9.10. The molecule has 0 saturated carbocycles. The first-order chi connectivity index (χ1) is 6.40. The van der Waals surface area contributed by atoms with Crippen molar-refractivity contribution in [2.24, 2.45) is 4.99 Å². The number of benzene rings is 1. The first-order valence-electron chi connectivity index (χ1n) is 4.31. The lowest BCUT2D eigenvalue weighted by Gasteiger charge is -2.13. The fourth-order valence-corrected chi connectivity index (χ4v) is 1.35. The number of hydrogen-bond donors (Lipinski definition) is 0. The van der Waals surface area contributed by atoms with Crippen molar-refractivity contribution in [3.05, 3.63) is 24.3 Å². The van der Waals surface area contributed by atoms with Gasteiger partial charge in [-0.2, -0.15) is 0 Å². The molecule has 1 heterocycles. The van der Waals surface area contributed by atoms with Crippen LogP contribution in [-0.4, -0.2) is 26.5 Å². The van der Waals surface area contributed by atoms with Crippen molar-refractivity contribution >= 4 is 12.0 Å². The van der Waals surface area contributed by atoms with Gasteiger partial charge < -0.3 is 9.64 Å². The monoisotopic (exact) mass is 176 g/mol. The number of ether oxygens (including phenoxy) is 1. The fourth-order valence-electron chi connectivity index (χ4n) is 1.35. The number of aliphatic imine (C=N–C) groups is 1. The van der Waals surface area contributed by atoms with E-state index in [-0.39, 0.29) is 0 Å². The Morgan fingerprint density at radius 2 is 2.08 bits per heavy atom. The van der Waals surface area contributed by atoms with E-state index in [4.69, 9.17) is 4.74 Å². The molecular formula is C10H12N2O. The van der Waals surface area contributed by atoms with E-state index in [2.05, 4.69) is 9.89 Å². The minimum atomic E-state index is 0.889. The molecule has 3 heteroatoms. The molecule has 1 aromatic carbocycles. The van der Waals surface area contributed by atoms with Crippen LogP contribution in [0.15, 0.2) is 29.3 Å². The van der Waals surface area contributed by atoms with E-state index in [1.54, 1.807) is 7.11 Å². The molecule has 0 atom stereocenters. The molecule has 0 unspecified atom stereocenters. The summed E-state index contributed by atoms with van der Waals surface area (Å²) in [6.45, 7) is 1.87. The third-order valence-corrected chi connectivity index (χ3v) is 2.10. The maximum atomic E-state index is 5.08. The van der Waals surface area contributed by atoms with Crippen LogP contribution in [0.3, 0.4) is 0 Å². The van der Waals surface area contributed by atoms with Gasteiger partial charge in [0.1, 0.15) is 5.75 Å². The summed E-state index contributed by atoms with van der Waals surface area (Å²) >= 11 is 0. The van der Waals surface area contributed by atoms with Crippen LogP contribution in [0, 0.1) is 0 Å². The van der Waals surface area contributed by atoms with Gasteiger partial charge in [-0.1, -0.05) is 0 Å². The van der Waals surface area contributed by atoms with Gasteiger partial charge in [0.05, 0.1) is 20.0 Å². The second-order valence-corrected chi connectivity index (χ2v) is 2.91. The zero-order valence-corrected chi connectivity index (χ0v) is 7.60. The summed E-state index contributed by atoms with van der Waals surface area (Å²) in [7, 11) is 1.67. The van der Waals surface area contributed by atoms with Crippen molar-refractivity contribution in [1.82, 2.24) is 0 Å². The standard InChI is InChI=1S/C10H12N2O/c1-13-10-4-2-9(3-5-10)12-7-6-11-8-12/h2-5,8H,6-7H2,1H3. The molecule has 0 aromatic heterocycles. The zero-order valence-electron chi connectivity index (χ0n) is 7.60. The second-order valence-electron chi connectivity index (χ2n) is 2.91. The molecule has 2 rings (SSSR count). The fraction of sp³-hybridized carbons (Fsp3) is 0.300. The second kappa shape index (κ2) is 3.47. The average molecular weight is 176 g/mol. The highest BCUT2D eigenvalue weighted by Crippen LogP contribution is 2.19. The number of methoxy groups -OCH3 is 1. The van der Waals surface area contributed by atoms with E-state index >= 15 is 0 Å². The van der Waals surface area contributed by atoms with Crippen molar-refractivity contribution in [2.75, 3.05) is 25.1 Å². The van der Waals surface area contributed by atoms with Crippen LogP contribution >= 0.6 is 0 Å². The van der Waals surface area contributed by atoms with Crippen molar-refractivity contribution in [3.8, 4) is 5.75 Å². The Bertz CT molecular complexity index is 305. The third kappa shape index (κ3) is 1.64. The third-order valence-electron chi connectivity index (χ3n) is 2.10. The molecular weight excluding hydrogens is 164 g/mol. The highest BCUT2D eigenvalue weighted by Gasteiger charge is 2.06. The molecule has 0 radical (unpaired) electrons. The molecule has 13 heavy (non-hydrogen) atoms. The Morgan fingerprint density at radius 1 is 1.31 bits per heavy atom. The van der Waals surface area contributed by atoms with Crippen molar-refractivity contribution < 1.29 is 4.74 Å². The quantitative estimate of drug-likeness (QED) is 0.682. The van der Waals surface area contributed by atoms with Crippen LogP contribution < -0.4 is 9.64 Å². The molecule has 0 amide bonds. The first kappa shape index (κ1) is 8.10. The molecule has 1 aromatic rings. The van der Waals surface area contributed by atoms with Gasteiger partial charge in [0.2, 0.25) is 0 Å². The van der Waals surface area contributed by atoms with Gasteiger partial charge in [0.15, 0.2) is 0 Å². The molecule has 0 saturated heterocycles. The van der Waals surface area contributed by atoms with E-state index in [1.165, 1.54) is 5.69 Å². The highest BCUT2D eigenvalue weighted by molar-refractivity contribution is 5.80. The van der Waals surface area contributed by atoms with Crippen LogP contribution in [0.1, 0.15) is 0 Å². The summed E-state index contributed by atoms with van der Waals surface area (Å²) in [5, 5.41) is 0. The summed E-state index contributed by atoms with van der Waals surface area (Å²) in [4.78, 5) is 6.28. The maximum Gasteiger partial charge on any atom is 0.119 e. The number of anilines is 1. The van der Waals surface area contributed by atoms with Crippen LogP contribution in [0.25, 0.3) is 0 Å². The molecule has 0 bridgehead atoms. The van der Waals surface area contributed by atoms with Gasteiger partial charge in [-0.3, -0.25) is 4.99 Å². The molecule has 68 valence electrons. The smallest absolute Gasteiger partial charge is 0.119 e. The summed E-state index contributed by atoms with van der Waals surface area (Å²) < 4.78 is 5.08. The lowest BCUT2D eigenvalue weighted by Crippen LogP contribution is -2.17. The van der Waals surface area contributed by atoms with E-state index in [0.717, 1.165) is 18.8 Å². The van der Waals surface area contributed by atoms with Crippen molar-refractivity contribution in [3.63, 3.8) is 0 Å². The minimum Gasteiger partial charge on any atom is -0.497 e. The SMILES string of the molecule is COc1ccc(N2C=NCC2)cc1. The van der Waals surface area contributed by atoms with Gasteiger partial charge in [0.25, 0.3) is 0 Å². The van der Waals surface area contributed by atoms with Crippen LogP contribution in [0.2, 0.25) is 0 Å². The van der Waals surface area contributed by atoms with Crippen LogP contribution in [-0.2, 0) is 0 Å². The van der Waals surface area contributed by atoms with Gasteiger partial charge >= 0.3 is 0 Å². The molecule has 0 aliphatic carbocycles. The molecule has 3 nitrogen and oxygen atoms in total. The summed E-state index contributed by atoms with van der Waals surface area (Å²) in [6.07, 6.45) is 1.88. The summed E-state index contributed by atoms with van der Waals surface area (Å²) in [6, 6.07) is 8.00. The summed E-state index contributed by atoms with van der Waals surface area (Å²) in [5.41, 5.74) is 1.17. The maximum absolute atomic E-state index is 5.08. The topological polar surface area (TPSA) is 24.8 Å². The number of rotatable bonds is 2. The van der Waals surface area contributed by atoms with Gasteiger partial charge in [0, 0.05) is 12.2 Å². The average Bonchev–Trinajstić information content (AvgIpc) is 2.71. The van der Waals surface area contributed by atoms with E-state index in [0.29, 0.717) is 0 Å². The Morgan fingerprint density at radius 3 is 2.62 bits per heavy atom. The van der Waals surface area contributed by atoms with Gasteiger partial charge in [-0.15, -0.1) is 0 Å². The van der Waals surface area contributed by atoms with Crippen molar-refractivity contribution in [1.29, 1.82) is 0 Å². The Kier molecular flexibility index (Phi) is 2.17. The Hall–Kier alpha value is -1.51. The van der Waals surface area contributed by atoms with Crippen molar-refractivity contribution in [2.45, 2.75) is 0 Å². The molecule has 0 spiro atoms. The van der Waals surface area contributed by atoms with Gasteiger partial charge in [-0.25, -0.2) is 0 Å². The van der Waals surface area contributed by atoms with E-state index < -0.39 is 0 Å². The molecule has 0 N–H and O–H groups in total. The van der Waals surface area contributed by atoms with Crippen LogP contribution in [0.5, 0.6) is 5.75 Å². The Labute approximate surface area is 77.7 Å².